The van der Waals surface area contributed by atoms with Crippen LogP contribution in [0.4, 0.5) is 0 Å². The molecule has 1 N–H and O–H groups in total. The first-order valence-corrected chi connectivity index (χ1v) is 12.2. The number of morpholine rings is 1. The van der Waals surface area contributed by atoms with Crippen molar-refractivity contribution in [3.63, 3.8) is 0 Å². The number of benzene rings is 2. The molecule has 0 saturated carbocycles. The summed E-state index contributed by atoms with van der Waals surface area (Å²) in [6, 6.07) is 4.43. The van der Waals surface area contributed by atoms with Crippen LogP contribution in [0.15, 0.2) is 18.2 Å². The molecule has 5 rings (SSSR count). The van der Waals surface area contributed by atoms with Gasteiger partial charge in [-0.3, -0.25) is 24.6 Å². The molecule has 0 aromatic heterocycles. The third-order valence-corrected chi connectivity index (χ3v) is 7.28. The van der Waals surface area contributed by atoms with Gasteiger partial charge in [-0.15, -0.1) is 0 Å². The Balaban J connectivity index is 1.35. The normalized spacial score (nSPS) is 20.2. The van der Waals surface area contributed by atoms with E-state index >= 15 is 0 Å². The Morgan fingerprint density at radius 1 is 0.973 bits per heavy atom. The van der Waals surface area contributed by atoms with Gasteiger partial charge in [-0.2, -0.15) is 0 Å². The lowest BCUT2D eigenvalue weighted by atomic mass is 9.64. The molecule has 12 heteroatoms. The van der Waals surface area contributed by atoms with E-state index in [4.69, 9.17) is 40.9 Å². The van der Waals surface area contributed by atoms with Crippen molar-refractivity contribution >= 4 is 71.0 Å². The molecule has 0 aliphatic carbocycles. The highest BCUT2D eigenvalue weighted by atomic mass is 16.5. The van der Waals surface area contributed by atoms with Gasteiger partial charge in [0, 0.05) is 37.2 Å². The summed E-state index contributed by atoms with van der Waals surface area (Å²) in [6.07, 6.45) is 0.464. The molecule has 0 bridgehead atoms. The number of nitrogens with zero attached hydrogens (tertiary/aromatic N) is 2. The summed E-state index contributed by atoms with van der Waals surface area (Å²) in [7, 11) is 25.5. The van der Waals surface area contributed by atoms with Gasteiger partial charge in [0.1, 0.15) is 49.8 Å². The molecule has 3 aliphatic rings. The summed E-state index contributed by atoms with van der Waals surface area (Å²) in [5, 5.41) is 2.30. The molecule has 2 aromatic rings. The van der Waals surface area contributed by atoms with E-state index in [-0.39, 0.29) is 37.8 Å². The van der Waals surface area contributed by atoms with E-state index in [1.165, 1.54) is 4.90 Å². The number of imide groups is 1. The van der Waals surface area contributed by atoms with Crippen LogP contribution in [0.25, 0.3) is 0 Å². The highest BCUT2D eigenvalue weighted by Gasteiger charge is 2.40. The third-order valence-electron chi connectivity index (χ3n) is 7.28. The minimum Gasteiger partial charge on any atom is -0.489 e. The van der Waals surface area contributed by atoms with Crippen LogP contribution in [0.3, 0.4) is 0 Å². The Morgan fingerprint density at radius 3 is 2.32 bits per heavy atom. The molecule has 2 fully saturated rings. The van der Waals surface area contributed by atoms with Crippen molar-refractivity contribution < 1.29 is 23.9 Å². The van der Waals surface area contributed by atoms with Crippen molar-refractivity contribution in [3.05, 3.63) is 40.5 Å². The summed E-state index contributed by atoms with van der Waals surface area (Å²) in [5.41, 5.74) is 3.62. The predicted molar refractivity (Wildman–Crippen MR) is 141 cm³/mol. The van der Waals surface area contributed by atoms with Crippen molar-refractivity contribution in [1.82, 2.24) is 15.1 Å². The standard InChI is InChI=1S/C25H23B4N3O5/c26-20-15(10-31-6-8-36-9-7-31)21(27)23(29)16(22(20)28)12-37-18-3-1-2-13-14(18)11-32(25(13)35)17-4-5-19(33)30-24(17)34/h1-3,17H,4-12H2,(H,30,33,34). The fourth-order valence-corrected chi connectivity index (χ4v) is 5.09. The predicted octanol–water partition coefficient (Wildman–Crippen LogP) is -2.97. The first kappa shape index (κ1) is 25.7. The molecule has 8 nitrogen and oxygen atoms in total. The number of nitrogens with one attached hydrogen (secondary N) is 1. The van der Waals surface area contributed by atoms with Crippen LogP contribution >= 0.6 is 0 Å². The van der Waals surface area contributed by atoms with Crippen LogP contribution < -0.4 is 31.9 Å². The zero-order valence-corrected chi connectivity index (χ0v) is 20.4. The molecule has 2 saturated heterocycles. The van der Waals surface area contributed by atoms with Gasteiger partial charge in [0.25, 0.3) is 5.91 Å². The number of ether oxygens (including phenoxy) is 2. The Bertz CT molecular complexity index is 1250. The number of carbonyl (C=O) groups excluding carboxylic acids is 3. The van der Waals surface area contributed by atoms with Crippen LogP contribution in [0, 0.1) is 0 Å². The van der Waals surface area contributed by atoms with Gasteiger partial charge < -0.3 is 14.4 Å². The first-order valence-electron chi connectivity index (χ1n) is 12.2. The van der Waals surface area contributed by atoms with Crippen molar-refractivity contribution in [1.29, 1.82) is 0 Å². The Kier molecular flexibility index (Phi) is 7.23. The summed E-state index contributed by atoms with van der Waals surface area (Å²) >= 11 is 0. The van der Waals surface area contributed by atoms with E-state index < -0.39 is 11.9 Å². The van der Waals surface area contributed by atoms with Crippen molar-refractivity contribution in [2.75, 3.05) is 26.3 Å². The first-order chi connectivity index (χ1) is 17.8. The number of carbonyl (C=O) groups is 3. The molecule has 1 unspecified atom stereocenters. The van der Waals surface area contributed by atoms with E-state index in [1.54, 1.807) is 18.2 Å². The van der Waals surface area contributed by atoms with E-state index in [9.17, 15) is 14.4 Å². The van der Waals surface area contributed by atoms with Crippen LogP contribution in [0.1, 0.15) is 39.9 Å². The lowest BCUT2D eigenvalue weighted by Gasteiger charge is -2.30. The highest BCUT2D eigenvalue weighted by Crippen LogP contribution is 2.33. The maximum Gasteiger partial charge on any atom is 0.255 e. The molecular formula is C25H23B4N3O5. The average molecular weight is 489 g/mol. The zero-order chi connectivity index (χ0) is 26.3. The number of rotatable bonds is 6. The second kappa shape index (κ2) is 10.4. The van der Waals surface area contributed by atoms with Crippen molar-refractivity contribution in [2.45, 2.75) is 38.6 Å². The second-order valence-electron chi connectivity index (χ2n) is 9.47. The van der Waals surface area contributed by atoms with Crippen LogP contribution in [0.5, 0.6) is 5.75 Å². The molecule has 3 aliphatic heterocycles. The van der Waals surface area contributed by atoms with E-state index in [0.717, 1.165) is 13.1 Å². The number of hydrogen-bond donors (Lipinski definition) is 1. The monoisotopic (exact) mass is 489 g/mol. The maximum absolute atomic E-state index is 13.1. The summed E-state index contributed by atoms with van der Waals surface area (Å²) in [6.45, 7) is 3.50. The van der Waals surface area contributed by atoms with Gasteiger partial charge >= 0.3 is 0 Å². The van der Waals surface area contributed by atoms with E-state index in [0.29, 0.717) is 69.6 Å². The molecule has 8 radical (unpaired) electrons. The Morgan fingerprint density at radius 2 is 1.65 bits per heavy atom. The number of piperidine rings is 1. The van der Waals surface area contributed by atoms with Gasteiger partial charge in [-0.25, -0.2) is 0 Å². The quantitative estimate of drug-likeness (QED) is 0.345. The highest BCUT2D eigenvalue weighted by molar-refractivity contribution is 6.57. The average Bonchev–Trinajstić information content (AvgIpc) is 3.23. The molecule has 3 amide bonds. The Hall–Kier alpha value is -2.97. The fourth-order valence-electron chi connectivity index (χ4n) is 5.09. The van der Waals surface area contributed by atoms with Gasteiger partial charge in [-0.1, -0.05) is 27.9 Å². The molecule has 2 aromatic carbocycles. The summed E-state index contributed by atoms with van der Waals surface area (Å²) in [4.78, 5) is 40.6. The minimum atomic E-state index is -0.713. The number of amides is 3. The molecule has 37 heavy (non-hydrogen) atoms. The SMILES string of the molecule is [B]c1c([B])c(CN2CCOCC2)c([B])c([B])c1COc1cccc2c1CN(C1CCC(=O)NC1=O)C2=O. The summed E-state index contributed by atoms with van der Waals surface area (Å²) < 4.78 is 11.5. The van der Waals surface area contributed by atoms with E-state index in [2.05, 4.69) is 10.2 Å². The molecule has 3 heterocycles. The molecule has 1 atom stereocenters. The van der Waals surface area contributed by atoms with Gasteiger partial charge in [0.05, 0.1) is 19.8 Å². The lowest BCUT2D eigenvalue weighted by molar-refractivity contribution is -0.136. The van der Waals surface area contributed by atoms with Crippen LogP contribution in [0.2, 0.25) is 0 Å². The van der Waals surface area contributed by atoms with Crippen molar-refractivity contribution in [3.8, 4) is 5.75 Å². The minimum absolute atomic E-state index is 0.00698. The summed E-state index contributed by atoms with van der Waals surface area (Å²) in [5.74, 6) is -0.619. The van der Waals surface area contributed by atoms with Gasteiger partial charge in [0.15, 0.2) is 0 Å². The second-order valence-corrected chi connectivity index (χ2v) is 9.47. The largest absolute Gasteiger partial charge is 0.489 e. The maximum atomic E-state index is 13.1. The van der Waals surface area contributed by atoms with E-state index in [1.807, 2.05) is 0 Å². The molecular weight excluding hydrogens is 466 g/mol. The van der Waals surface area contributed by atoms with Crippen LogP contribution in [-0.2, 0) is 34.0 Å². The smallest absolute Gasteiger partial charge is 0.255 e. The topological polar surface area (TPSA) is 88.2 Å². The molecule has 0 spiro atoms. The molecule has 180 valence electrons. The fraction of sp³-hybridized carbons (Fsp3) is 0.400. The zero-order valence-electron chi connectivity index (χ0n) is 20.4. The van der Waals surface area contributed by atoms with Gasteiger partial charge in [0.2, 0.25) is 11.8 Å². The Labute approximate surface area is 221 Å². The van der Waals surface area contributed by atoms with Gasteiger partial charge in [-0.05, 0) is 29.7 Å². The third kappa shape index (κ3) is 4.84. The number of fused-ring (bicyclic) bond motifs is 1. The lowest BCUT2D eigenvalue weighted by Crippen LogP contribution is -2.52. The van der Waals surface area contributed by atoms with Crippen LogP contribution in [-0.4, -0.2) is 91.3 Å². The number of hydrogen-bond acceptors (Lipinski definition) is 6. The van der Waals surface area contributed by atoms with Crippen molar-refractivity contribution in [2.24, 2.45) is 0 Å².